The Balaban J connectivity index is 0.000000231. The molecule has 0 unspecified atom stereocenters. The normalized spacial score (nSPS) is 10.2. The summed E-state index contributed by atoms with van der Waals surface area (Å²) in [5.41, 5.74) is 2.70. The number of methoxy groups -OCH3 is 2. The molecule has 4 aromatic rings. The molecule has 200 valence electrons. The molecule has 0 atom stereocenters. The van der Waals surface area contributed by atoms with Gasteiger partial charge in [0.2, 0.25) is 5.78 Å². The van der Waals surface area contributed by atoms with Crippen molar-refractivity contribution in [3.05, 3.63) is 70.9 Å². The van der Waals surface area contributed by atoms with Crippen LogP contribution in [0.2, 0.25) is 5.15 Å². The lowest BCUT2D eigenvalue weighted by Crippen LogP contribution is -2.19. The monoisotopic (exact) mass is 552 g/mol. The minimum Gasteiger partial charge on any atom is -0.464 e. The first kappa shape index (κ1) is 28.6. The minimum absolute atomic E-state index is 0.0582. The number of carbonyl (C=O) groups excluding carboxylic acids is 4. The van der Waals surface area contributed by atoms with E-state index in [0.29, 0.717) is 22.9 Å². The Labute approximate surface area is 226 Å². The molecule has 0 aromatic carbocycles. The maximum Gasteiger partial charge on any atom is 0.374 e. The third-order valence-electron chi connectivity index (χ3n) is 4.78. The van der Waals surface area contributed by atoms with Gasteiger partial charge in [-0.3, -0.25) is 24.5 Å². The van der Waals surface area contributed by atoms with Crippen LogP contribution >= 0.6 is 11.6 Å². The molecule has 0 saturated carbocycles. The summed E-state index contributed by atoms with van der Waals surface area (Å²) in [4.78, 5) is 61.2. The molecule has 0 aliphatic rings. The summed E-state index contributed by atoms with van der Waals surface area (Å²) >= 11 is 5.75. The molecule has 15 heteroatoms. The van der Waals surface area contributed by atoms with Gasteiger partial charge in [0.15, 0.2) is 22.4 Å². The number of aryl methyl sites for hydroxylation is 2. The van der Waals surface area contributed by atoms with Gasteiger partial charge in [-0.1, -0.05) is 11.6 Å². The Morgan fingerprint density at radius 3 is 2.08 bits per heavy atom. The first-order valence-electron chi connectivity index (χ1n) is 11.0. The van der Waals surface area contributed by atoms with E-state index >= 15 is 0 Å². The number of ketones is 2. The Hall–Kier alpha value is -4.98. The van der Waals surface area contributed by atoms with Crippen molar-refractivity contribution in [1.82, 2.24) is 39.9 Å². The number of aromatic nitrogens is 8. The molecule has 0 aliphatic carbocycles. The maximum atomic E-state index is 11.8. The van der Waals surface area contributed by atoms with Crippen LogP contribution in [-0.4, -0.2) is 77.6 Å². The Morgan fingerprint density at radius 2 is 1.54 bits per heavy atom. The van der Waals surface area contributed by atoms with E-state index in [0.717, 1.165) is 12.8 Å². The van der Waals surface area contributed by atoms with E-state index < -0.39 is 29.9 Å². The molecule has 0 N–H and O–H groups in total. The molecule has 14 nitrogen and oxygen atoms in total. The Bertz CT molecular complexity index is 1430. The fraction of sp³-hybridized carbons (Fsp3) is 0.208. The third-order valence-corrected chi connectivity index (χ3v) is 4.98. The van der Waals surface area contributed by atoms with Crippen molar-refractivity contribution in [1.29, 1.82) is 0 Å². The van der Waals surface area contributed by atoms with Gasteiger partial charge in [0, 0.05) is 18.5 Å². The molecule has 0 radical (unpaired) electrons. The van der Waals surface area contributed by atoms with Gasteiger partial charge in [0.1, 0.15) is 11.4 Å². The zero-order chi connectivity index (χ0) is 28.5. The van der Waals surface area contributed by atoms with Crippen molar-refractivity contribution in [2.45, 2.75) is 20.3 Å². The van der Waals surface area contributed by atoms with Crippen LogP contribution in [0.15, 0.2) is 43.0 Å². The van der Waals surface area contributed by atoms with Gasteiger partial charge in [0.25, 0.3) is 0 Å². The predicted molar refractivity (Wildman–Crippen MR) is 134 cm³/mol. The van der Waals surface area contributed by atoms with E-state index in [2.05, 4.69) is 40.0 Å². The van der Waals surface area contributed by atoms with Crippen molar-refractivity contribution < 1.29 is 28.7 Å². The lowest BCUT2D eigenvalue weighted by Gasteiger charge is -2.05. The molecule has 4 rings (SSSR count). The molecular formula is C24H21ClN8O6. The van der Waals surface area contributed by atoms with Crippen molar-refractivity contribution in [3.8, 4) is 17.2 Å². The number of hydrogen-bond acceptors (Lipinski definition) is 13. The van der Waals surface area contributed by atoms with E-state index in [-0.39, 0.29) is 16.5 Å². The number of nitrogens with zero attached hydrogens (tertiary/aromatic N) is 8. The highest BCUT2D eigenvalue weighted by Gasteiger charge is 2.20. The molecule has 0 spiro atoms. The summed E-state index contributed by atoms with van der Waals surface area (Å²) in [6.45, 7) is 3.56. The van der Waals surface area contributed by atoms with E-state index in [1.165, 1.54) is 24.2 Å². The standard InChI is InChI=1S/C14H11ClN6O2.C10H10N2O4/c1-8-6-17-10(7-16-8)11-5-9(14(22)23-2)20-21(11)13-4-3-12(15)18-19-13;1-6-4-12-7(5-11-6)8(13)3-9(14)10(15)16-2/h3-7H,1-2H3;4-5H,3H2,1-2H3. The van der Waals surface area contributed by atoms with Crippen LogP contribution in [0.3, 0.4) is 0 Å². The van der Waals surface area contributed by atoms with E-state index in [1.807, 2.05) is 6.92 Å². The lowest BCUT2D eigenvalue weighted by atomic mass is 10.1. The number of ether oxygens (including phenoxy) is 2. The average Bonchev–Trinajstić information content (AvgIpc) is 3.39. The number of Topliss-reactive ketones (excluding diaryl/α,β-unsaturated/α-hetero) is 2. The van der Waals surface area contributed by atoms with Crippen LogP contribution in [0.4, 0.5) is 0 Å². The summed E-state index contributed by atoms with van der Waals surface area (Å²) in [6, 6.07) is 4.77. The first-order chi connectivity index (χ1) is 18.6. The summed E-state index contributed by atoms with van der Waals surface area (Å²) in [6.07, 6.45) is 5.34. The van der Waals surface area contributed by atoms with Gasteiger partial charge in [-0.2, -0.15) is 5.10 Å². The SMILES string of the molecule is COC(=O)C(=O)CC(=O)c1cnc(C)cn1.COC(=O)c1cc(-c2cnc(C)cn2)n(-c2ccc(Cl)nn2)n1. The van der Waals surface area contributed by atoms with Crippen LogP contribution in [0.25, 0.3) is 17.2 Å². The van der Waals surface area contributed by atoms with Crippen LogP contribution in [0.1, 0.15) is 38.8 Å². The molecule has 0 bridgehead atoms. The van der Waals surface area contributed by atoms with Crippen molar-refractivity contribution in [2.24, 2.45) is 0 Å². The highest BCUT2D eigenvalue weighted by atomic mass is 35.5. The third kappa shape index (κ3) is 7.52. The fourth-order valence-electron chi connectivity index (χ4n) is 2.85. The molecule has 0 fully saturated rings. The summed E-state index contributed by atoms with van der Waals surface area (Å²) in [7, 11) is 2.37. The zero-order valence-electron chi connectivity index (χ0n) is 21.2. The summed E-state index contributed by atoms with van der Waals surface area (Å²) < 4.78 is 10.3. The smallest absolute Gasteiger partial charge is 0.374 e. The van der Waals surface area contributed by atoms with Gasteiger partial charge in [0.05, 0.1) is 50.1 Å². The van der Waals surface area contributed by atoms with Crippen LogP contribution < -0.4 is 0 Å². The molecule has 4 aromatic heterocycles. The lowest BCUT2D eigenvalue weighted by molar-refractivity contribution is -0.151. The molecule has 0 saturated heterocycles. The van der Waals surface area contributed by atoms with E-state index in [9.17, 15) is 19.2 Å². The second-order valence-corrected chi connectivity index (χ2v) is 8.02. The van der Waals surface area contributed by atoms with E-state index in [4.69, 9.17) is 16.3 Å². The minimum atomic E-state index is -1.03. The summed E-state index contributed by atoms with van der Waals surface area (Å²) in [5, 5.41) is 12.2. The number of halogens is 1. The van der Waals surface area contributed by atoms with Crippen molar-refractivity contribution in [3.63, 3.8) is 0 Å². The number of esters is 2. The second kappa shape index (κ2) is 13.0. The first-order valence-corrected chi connectivity index (χ1v) is 11.4. The average molecular weight is 553 g/mol. The van der Waals surface area contributed by atoms with Gasteiger partial charge in [-0.15, -0.1) is 10.2 Å². The van der Waals surface area contributed by atoms with Crippen molar-refractivity contribution >= 4 is 35.1 Å². The Morgan fingerprint density at radius 1 is 0.846 bits per heavy atom. The highest BCUT2D eigenvalue weighted by Crippen LogP contribution is 2.21. The fourth-order valence-corrected chi connectivity index (χ4v) is 2.95. The van der Waals surface area contributed by atoms with Crippen LogP contribution in [-0.2, 0) is 19.1 Å². The molecular weight excluding hydrogens is 532 g/mol. The van der Waals surface area contributed by atoms with Crippen LogP contribution in [0.5, 0.6) is 0 Å². The van der Waals surface area contributed by atoms with E-state index in [1.54, 1.807) is 37.5 Å². The maximum absolute atomic E-state index is 11.8. The number of hydrogen-bond donors (Lipinski definition) is 0. The van der Waals surface area contributed by atoms with Gasteiger partial charge in [-0.25, -0.2) is 19.3 Å². The quantitative estimate of drug-likeness (QED) is 0.140. The predicted octanol–water partition coefficient (Wildman–Crippen LogP) is 1.97. The molecule has 0 aliphatic heterocycles. The Kier molecular flexibility index (Phi) is 9.53. The largest absolute Gasteiger partial charge is 0.464 e. The zero-order valence-corrected chi connectivity index (χ0v) is 21.9. The van der Waals surface area contributed by atoms with Crippen molar-refractivity contribution in [2.75, 3.05) is 14.2 Å². The van der Waals surface area contributed by atoms with Gasteiger partial charge < -0.3 is 9.47 Å². The highest BCUT2D eigenvalue weighted by molar-refractivity contribution is 6.38. The second-order valence-electron chi connectivity index (χ2n) is 7.63. The number of rotatable bonds is 7. The molecule has 39 heavy (non-hydrogen) atoms. The van der Waals surface area contributed by atoms with Gasteiger partial charge in [-0.05, 0) is 26.0 Å². The topological polar surface area (TPSA) is 182 Å². The van der Waals surface area contributed by atoms with Gasteiger partial charge >= 0.3 is 11.9 Å². The molecule has 4 heterocycles. The summed E-state index contributed by atoms with van der Waals surface area (Å²) in [5.74, 6) is -2.65. The molecule has 0 amide bonds. The number of carbonyl (C=O) groups is 4. The van der Waals surface area contributed by atoms with Crippen LogP contribution in [0, 0.1) is 13.8 Å².